The first-order valence-electron chi connectivity index (χ1n) is 10.1. The van der Waals surface area contributed by atoms with Gasteiger partial charge in [-0.1, -0.05) is 35.9 Å². The number of halogens is 8. The van der Waals surface area contributed by atoms with Crippen LogP contribution in [0.5, 0.6) is 0 Å². The van der Waals surface area contributed by atoms with E-state index in [0.29, 0.717) is 54.3 Å². The fourth-order valence-electron chi connectivity index (χ4n) is 4.02. The summed E-state index contributed by atoms with van der Waals surface area (Å²) in [5, 5.41) is 9.87. The molecule has 2 aromatic carbocycles. The first-order valence-corrected chi connectivity index (χ1v) is 10.5. The zero-order valence-corrected chi connectivity index (χ0v) is 18.0. The van der Waals surface area contributed by atoms with E-state index in [-0.39, 0.29) is 11.6 Å². The third-order valence-corrected chi connectivity index (χ3v) is 6.33. The van der Waals surface area contributed by atoms with Crippen LogP contribution in [0.15, 0.2) is 36.4 Å². The second-order valence-corrected chi connectivity index (χ2v) is 8.70. The largest absolute Gasteiger partial charge is 0.430 e. The second-order valence-electron chi connectivity index (χ2n) is 8.29. The van der Waals surface area contributed by atoms with Crippen molar-refractivity contribution in [1.82, 2.24) is 4.90 Å². The van der Waals surface area contributed by atoms with Crippen LogP contribution in [0.1, 0.15) is 29.5 Å². The topological polar surface area (TPSA) is 49.5 Å². The van der Waals surface area contributed by atoms with Gasteiger partial charge >= 0.3 is 12.4 Å². The summed E-state index contributed by atoms with van der Waals surface area (Å²) in [7, 11) is 0. The van der Waals surface area contributed by atoms with Crippen molar-refractivity contribution in [2.24, 2.45) is 5.92 Å². The van der Waals surface area contributed by atoms with Crippen molar-refractivity contribution in [2.75, 3.05) is 18.8 Å². The van der Waals surface area contributed by atoms with Gasteiger partial charge in [0.05, 0.1) is 5.69 Å². The van der Waals surface area contributed by atoms with E-state index in [9.17, 15) is 35.8 Å². The maximum absolute atomic E-state index is 13.7. The van der Waals surface area contributed by atoms with Crippen molar-refractivity contribution in [1.29, 1.82) is 0 Å². The molecular formula is C22H22ClF7N2O. The number of benzene rings is 2. The van der Waals surface area contributed by atoms with Gasteiger partial charge in [-0.25, -0.2) is 4.39 Å². The first-order chi connectivity index (χ1) is 15.2. The van der Waals surface area contributed by atoms with E-state index in [1.54, 1.807) is 0 Å². The van der Waals surface area contributed by atoms with Crippen molar-refractivity contribution < 1.29 is 35.8 Å². The number of rotatable bonds is 5. The highest BCUT2D eigenvalue weighted by atomic mass is 35.5. The molecule has 1 fully saturated rings. The van der Waals surface area contributed by atoms with Crippen LogP contribution in [0, 0.1) is 11.7 Å². The molecule has 3 N–H and O–H groups in total. The first kappa shape index (κ1) is 25.6. The van der Waals surface area contributed by atoms with Crippen LogP contribution in [0.2, 0.25) is 5.02 Å². The minimum absolute atomic E-state index is 0.0199. The molecule has 3 rings (SSSR count). The minimum Gasteiger partial charge on any atom is -0.396 e. The number of aliphatic hydroxyl groups is 1. The molecule has 2 aromatic rings. The molecule has 11 heteroatoms. The number of hydrogen-bond acceptors (Lipinski definition) is 3. The number of nitrogen functional groups attached to an aromatic ring is 1. The highest BCUT2D eigenvalue weighted by Crippen LogP contribution is 2.50. The lowest BCUT2D eigenvalue weighted by Gasteiger charge is -2.33. The predicted octanol–water partition coefficient (Wildman–Crippen LogP) is 5.83. The van der Waals surface area contributed by atoms with Gasteiger partial charge in [0, 0.05) is 17.1 Å². The molecule has 1 aliphatic heterocycles. The number of nitrogens with zero attached hydrogens (tertiary/aromatic N) is 1. The van der Waals surface area contributed by atoms with Crippen LogP contribution < -0.4 is 5.73 Å². The zero-order valence-electron chi connectivity index (χ0n) is 17.3. The lowest BCUT2D eigenvalue weighted by molar-refractivity contribution is -0.376. The molecule has 0 aromatic heterocycles. The molecule has 1 heterocycles. The van der Waals surface area contributed by atoms with Crippen molar-refractivity contribution >= 4 is 17.3 Å². The fourth-order valence-corrected chi connectivity index (χ4v) is 4.27. The van der Waals surface area contributed by atoms with Crippen molar-refractivity contribution in [3.8, 4) is 0 Å². The van der Waals surface area contributed by atoms with Crippen LogP contribution in [0.4, 0.5) is 36.4 Å². The van der Waals surface area contributed by atoms with Crippen molar-refractivity contribution in [3.63, 3.8) is 0 Å². The van der Waals surface area contributed by atoms with Gasteiger partial charge in [-0.05, 0) is 61.5 Å². The minimum atomic E-state index is -5.91. The van der Waals surface area contributed by atoms with Crippen LogP contribution in [0.25, 0.3) is 0 Å². The van der Waals surface area contributed by atoms with E-state index in [1.165, 1.54) is 12.1 Å². The Hall–Kier alpha value is -2.04. The predicted molar refractivity (Wildman–Crippen MR) is 110 cm³/mol. The summed E-state index contributed by atoms with van der Waals surface area (Å²) in [5.41, 5.74) is 0.454. The van der Waals surface area contributed by atoms with Crippen LogP contribution in [-0.4, -0.2) is 35.4 Å². The Morgan fingerprint density at radius 1 is 0.970 bits per heavy atom. The molecule has 33 heavy (non-hydrogen) atoms. The van der Waals surface area contributed by atoms with Gasteiger partial charge in [0.25, 0.3) is 5.60 Å². The fraction of sp³-hybridized carbons (Fsp3) is 0.455. The van der Waals surface area contributed by atoms with Gasteiger partial charge in [0.1, 0.15) is 5.82 Å². The quantitative estimate of drug-likeness (QED) is 0.403. The summed E-state index contributed by atoms with van der Waals surface area (Å²) in [6.07, 6.45) is -9.72. The van der Waals surface area contributed by atoms with E-state index >= 15 is 0 Å². The molecule has 0 atom stereocenters. The Morgan fingerprint density at radius 2 is 1.52 bits per heavy atom. The van der Waals surface area contributed by atoms with Crippen LogP contribution in [-0.2, 0) is 18.6 Å². The maximum Gasteiger partial charge on any atom is 0.430 e. The third-order valence-electron chi connectivity index (χ3n) is 5.98. The molecular weight excluding hydrogens is 477 g/mol. The normalized spacial score (nSPS) is 16.9. The Bertz CT molecular complexity index is 954. The SMILES string of the molecule is Nc1cc(Cl)c(CC2CCN(Cc3ccc(C(O)(C(F)(F)F)C(F)(F)F)cc3)CC2)cc1F. The summed E-state index contributed by atoms with van der Waals surface area (Å²) in [6.45, 7) is 1.63. The molecule has 182 valence electrons. The lowest BCUT2D eigenvalue weighted by atomic mass is 9.89. The van der Waals surface area contributed by atoms with Gasteiger partial charge in [-0.3, -0.25) is 4.90 Å². The number of anilines is 1. The average molecular weight is 499 g/mol. The highest BCUT2D eigenvalue weighted by Gasteiger charge is 2.71. The van der Waals surface area contributed by atoms with Gasteiger partial charge < -0.3 is 10.8 Å². The summed E-state index contributed by atoms with van der Waals surface area (Å²) < 4.78 is 91.8. The third kappa shape index (κ3) is 5.38. The maximum atomic E-state index is 13.7. The Morgan fingerprint density at radius 3 is 2.03 bits per heavy atom. The van der Waals surface area contributed by atoms with Crippen LogP contribution in [0.3, 0.4) is 0 Å². The molecule has 1 aliphatic rings. The van der Waals surface area contributed by atoms with Gasteiger partial charge in [0.15, 0.2) is 0 Å². The van der Waals surface area contributed by atoms with Crippen LogP contribution >= 0.6 is 11.6 Å². The number of likely N-dealkylation sites (tertiary alicyclic amines) is 1. The molecule has 0 spiro atoms. The molecule has 0 aliphatic carbocycles. The molecule has 0 amide bonds. The van der Waals surface area contributed by atoms with E-state index in [2.05, 4.69) is 0 Å². The Balaban J connectivity index is 1.61. The summed E-state index contributed by atoms with van der Waals surface area (Å²) in [4.78, 5) is 2.02. The van der Waals surface area contributed by atoms with Gasteiger partial charge in [-0.15, -0.1) is 0 Å². The molecule has 0 unspecified atom stereocenters. The standard InChI is InChI=1S/C22H22ClF7N2O/c23-17-11-19(31)18(24)10-15(17)9-13-5-7-32(8-6-13)12-14-1-3-16(4-2-14)20(33,21(25,26)27)22(28,29)30/h1-4,10-11,13,33H,5-9,12,31H2. The van der Waals surface area contributed by atoms with Gasteiger partial charge in [0.2, 0.25) is 0 Å². The molecule has 3 nitrogen and oxygen atoms in total. The Kier molecular flexibility index (Phi) is 7.21. The molecule has 0 radical (unpaired) electrons. The van der Waals surface area contributed by atoms with Crippen molar-refractivity contribution in [2.45, 2.75) is 43.8 Å². The monoisotopic (exact) mass is 498 g/mol. The number of alkyl halides is 6. The molecule has 1 saturated heterocycles. The van der Waals surface area contributed by atoms with E-state index in [4.69, 9.17) is 17.3 Å². The van der Waals surface area contributed by atoms with E-state index < -0.39 is 29.3 Å². The summed E-state index contributed by atoms with van der Waals surface area (Å²) in [6, 6.07) is 6.32. The average Bonchev–Trinajstić information content (AvgIpc) is 2.72. The number of nitrogens with two attached hydrogens (primary N) is 1. The number of hydrogen-bond donors (Lipinski definition) is 2. The van der Waals surface area contributed by atoms with Gasteiger partial charge in [-0.2, -0.15) is 26.3 Å². The Labute approximate surface area is 190 Å². The smallest absolute Gasteiger partial charge is 0.396 e. The second kappa shape index (κ2) is 9.31. The summed E-state index contributed by atoms with van der Waals surface area (Å²) >= 11 is 6.14. The molecule has 0 bridgehead atoms. The molecule has 0 saturated carbocycles. The highest BCUT2D eigenvalue weighted by molar-refractivity contribution is 6.31. The zero-order chi connectivity index (χ0) is 24.6. The lowest BCUT2D eigenvalue weighted by Crippen LogP contribution is -2.53. The van der Waals surface area contributed by atoms with E-state index in [1.807, 2.05) is 4.90 Å². The number of piperidine rings is 1. The van der Waals surface area contributed by atoms with Crippen molar-refractivity contribution in [3.05, 3.63) is 63.9 Å². The summed E-state index contributed by atoms with van der Waals surface area (Å²) in [5.74, 6) is -0.282. The van der Waals surface area contributed by atoms with E-state index in [0.717, 1.165) is 25.0 Å².